The maximum Gasteiger partial charge on any atom is 0.0906 e. The Morgan fingerprint density at radius 3 is 2.68 bits per heavy atom. The second-order valence-electron chi connectivity index (χ2n) is 4.26. The smallest absolute Gasteiger partial charge is 0.0906 e. The number of nitrogens with zero attached hydrogens (tertiary/aromatic N) is 4. The van der Waals surface area contributed by atoms with Gasteiger partial charge in [-0.2, -0.15) is 5.10 Å². The number of terminal acetylenes is 1. The van der Waals surface area contributed by atoms with Crippen LogP contribution in [-0.2, 0) is 0 Å². The van der Waals surface area contributed by atoms with Gasteiger partial charge in [0.1, 0.15) is 0 Å². The maximum atomic E-state index is 5.40. The average molecular weight is 422 g/mol. The van der Waals surface area contributed by atoms with E-state index in [1.807, 2.05) is 49.6 Å². The number of pyridine rings is 2. The predicted octanol–water partition coefficient (Wildman–Crippen LogP) is 4.60. The molecule has 0 aromatic carbocycles. The molecule has 0 aliphatic heterocycles. The van der Waals surface area contributed by atoms with Crippen molar-refractivity contribution in [1.29, 1.82) is 0 Å². The molecule has 6 heteroatoms. The minimum absolute atomic E-state index is 0.580. The number of hydrogen-bond donors (Lipinski definition) is 0. The van der Waals surface area contributed by atoms with E-state index in [0.717, 1.165) is 33.5 Å². The van der Waals surface area contributed by atoms with E-state index in [9.17, 15) is 0 Å². The molecule has 1 unspecified atom stereocenters. The van der Waals surface area contributed by atoms with E-state index < -0.39 is 0 Å². The average Bonchev–Trinajstić information content (AvgIpc) is 2.96. The highest BCUT2D eigenvalue weighted by Crippen LogP contribution is 2.29. The standard InChI is InChI=1S/C14H10IN4P.C2H6/c1-3-10-6-14-13(16-7-10)5-4-12(17-14)11-8-19(20-15)18-9(11)2;1-2/h1,4-8,20H,2H3;1-2H3. The lowest BCUT2D eigenvalue weighted by Gasteiger charge is -2.02. The lowest BCUT2D eigenvalue weighted by atomic mass is 10.1. The molecule has 3 aromatic rings. The summed E-state index contributed by atoms with van der Waals surface area (Å²) in [4.78, 5) is 8.96. The van der Waals surface area contributed by atoms with Gasteiger partial charge in [0.25, 0.3) is 0 Å². The van der Waals surface area contributed by atoms with Crippen LogP contribution in [0.25, 0.3) is 22.3 Å². The van der Waals surface area contributed by atoms with Gasteiger partial charge in [0.2, 0.25) is 0 Å². The zero-order chi connectivity index (χ0) is 16.1. The van der Waals surface area contributed by atoms with Crippen LogP contribution in [0.2, 0.25) is 0 Å². The van der Waals surface area contributed by atoms with E-state index >= 15 is 0 Å². The first-order chi connectivity index (χ1) is 10.7. The van der Waals surface area contributed by atoms with Crippen LogP contribution in [0, 0.1) is 19.3 Å². The highest BCUT2D eigenvalue weighted by Gasteiger charge is 2.09. The summed E-state index contributed by atoms with van der Waals surface area (Å²) in [6.45, 7) is 5.99. The van der Waals surface area contributed by atoms with Crippen molar-refractivity contribution in [2.24, 2.45) is 0 Å². The van der Waals surface area contributed by atoms with Crippen LogP contribution in [-0.4, -0.2) is 19.5 Å². The molecule has 0 radical (unpaired) electrons. The number of fused-ring (bicyclic) bond motifs is 1. The third-order valence-electron chi connectivity index (χ3n) is 2.97. The van der Waals surface area contributed by atoms with E-state index in [1.165, 1.54) is 0 Å². The molecule has 0 aliphatic carbocycles. The molecular formula is C16H16IN4P. The fourth-order valence-electron chi connectivity index (χ4n) is 1.99. The highest BCUT2D eigenvalue weighted by atomic mass is 127. The van der Waals surface area contributed by atoms with Crippen LogP contribution < -0.4 is 0 Å². The quantitative estimate of drug-likeness (QED) is 0.345. The van der Waals surface area contributed by atoms with Crippen LogP contribution in [0.5, 0.6) is 0 Å². The fraction of sp³-hybridized carbons (Fsp3) is 0.188. The van der Waals surface area contributed by atoms with Gasteiger partial charge >= 0.3 is 0 Å². The maximum absolute atomic E-state index is 5.40. The molecule has 0 aliphatic rings. The van der Waals surface area contributed by atoms with E-state index in [1.54, 1.807) is 6.20 Å². The summed E-state index contributed by atoms with van der Waals surface area (Å²) in [7, 11) is 0. The van der Waals surface area contributed by atoms with Crippen LogP contribution in [0.15, 0.2) is 30.6 Å². The third kappa shape index (κ3) is 3.45. The van der Waals surface area contributed by atoms with Gasteiger partial charge in [-0.25, -0.2) is 9.44 Å². The Kier molecular flexibility index (Phi) is 5.87. The molecule has 4 nitrogen and oxygen atoms in total. The monoisotopic (exact) mass is 422 g/mol. The van der Waals surface area contributed by atoms with E-state index in [0.29, 0.717) is 6.37 Å². The highest BCUT2D eigenvalue weighted by molar-refractivity contribution is 14.2. The molecule has 1 atom stereocenters. The van der Waals surface area contributed by atoms with E-state index in [4.69, 9.17) is 6.42 Å². The Morgan fingerprint density at radius 2 is 2.05 bits per heavy atom. The van der Waals surface area contributed by atoms with Gasteiger partial charge in [0.15, 0.2) is 0 Å². The number of rotatable bonds is 2. The second kappa shape index (κ2) is 7.66. The molecular weight excluding hydrogens is 406 g/mol. The van der Waals surface area contributed by atoms with Crippen molar-refractivity contribution < 1.29 is 0 Å². The molecule has 0 saturated carbocycles. The lowest BCUT2D eigenvalue weighted by molar-refractivity contribution is 0.979. The zero-order valence-corrected chi connectivity index (χ0v) is 15.8. The second-order valence-corrected chi connectivity index (χ2v) is 6.33. The van der Waals surface area contributed by atoms with Gasteiger partial charge in [-0.05, 0) is 47.2 Å². The summed E-state index contributed by atoms with van der Waals surface area (Å²) < 4.78 is 1.92. The Labute approximate surface area is 145 Å². The molecule has 3 aromatic heterocycles. The topological polar surface area (TPSA) is 43.6 Å². The zero-order valence-electron chi connectivity index (χ0n) is 12.6. The van der Waals surface area contributed by atoms with Gasteiger partial charge in [0.05, 0.1) is 28.8 Å². The van der Waals surface area contributed by atoms with Crippen molar-refractivity contribution in [2.45, 2.75) is 20.8 Å². The summed E-state index contributed by atoms with van der Waals surface area (Å²) in [5, 5.41) is 4.45. The van der Waals surface area contributed by atoms with E-state index in [-0.39, 0.29) is 0 Å². The third-order valence-corrected chi connectivity index (χ3v) is 4.85. The summed E-state index contributed by atoms with van der Waals surface area (Å²) in [6.07, 6.45) is 9.69. The summed E-state index contributed by atoms with van der Waals surface area (Å²) in [5.74, 6) is 2.58. The largest absolute Gasteiger partial charge is 0.253 e. The summed E-state index contributed by atoms with van der Waals surface area (Å²) >= 11 is 2.30. The molecule has 0 N–H and O–H groups in total. The molecule has 0 saturated heterocycles. The molecule has 0 fully saturated rings. The fourth-order valence-corrected chi connectivity index (χ4v) is 3.10. The van der Waals surface area contributed by atoms with Crippen LogP contribution in [0.3, 0.4) is 0 Å². The minimum atomic E-state index is 0.580. The van der Waals surface area contributed by atoms with Crippen LogP contribution in [0.1, 0.15) is 25.1 Å². The van der Waals surface area contributed by atoms with Gasteiger partial charge in [-0.3, -0.25) is 4.98 Å². The SMILES string of the molecule is C#Cc1cnc2ccc(-c3cn(PI)nc3C)nc2c1.CC. The lowest BCUT2D eigenvalue weighted by Crippen LogP contribution is -1.89. The van der Waals surface area contributed by atoms with Crippen LogP contribution in [0.4, 0.5) is 0 Å². The molecule has 3 heterocycles. The normalized spacial score (nSPS) is 10.5. The van der Waals surface area contributed by atoms with E-state index in [2.05, 4.69) is 43.0 Å². The van der Waals surface area contributed by atoms with Crippen molar-refractivity contribution in [3.05, 3.63) is 41.9 Å². The molecule has 0 amide bonds. The van der Waals surface area contributed by atoms with Crippen molar-refractivity contribution in [3.8, 4) is 23.6 Å². The van der Waals surface area contributed by atoms with Crippen molar-refractivity contribution in [1.82, 2.24) is 19.5 Å². The summed E-state index contributed by atoms with van der Waals surface area (Å²) in [5.41, 5.74) is 5.30. The Bertz CT molecular complexity index is 836. The number of aryl methyl sites for hydroxylation is 1. The Hall–Kier alpha value is -1.51. The first kappa shape index (κ1) is 16.9. The van der Waals surface area contributed by atoms with Gasteiger partial charge in [-0.15, -0.1) is 6.42 Å². The Balaban J connectivity index is 0.000000847. The van der Waals surface area contributed by atoms with Crippen molar-refractivity contribution in [3.63, 3.8) is 0 Å². The molecule has 22 heavy (non-hydrogen) atoms. The predicted molar refractivity (Wildman–Crippen MR) is 103 cm³/mol. The summed E-state index contributed by atoms with van der Waals surface area (Å²) in [6, 6.07) is 5.81. The minimum Gasteiger partial charge on any atom is -0.253 e. The van der Waals surface area contributed by atoms with Gasteiger partial charge < -0.3 is 0 Å². The number of halogens is 1. The first-order valence-electron chi connectivity index (χ1n) is 6.88. The van der Waals surface area contributed by atoms with Gasteiger partial charge in [-0.1, -0.05) is 19.8 Å². The first-order valence-corrected chi connectivity index (χ1v) is 10.9. The molecule has 0 spiro atoms. The number of hydrogen-bond acceptors (Lipinski definition) is 3. The van der Waals surface area contributed by atoms with Crippen molar-refractivity contribution >= 4 is 39.4 Å². The van der Waals surface area contributed by atoms with Crippen LogP contribution >= 0.6 is 28.4 Å². The number of aromatic nitrogens is 4. The van der Waals surface area contributed by atoms with Gasteiger partial charge in [0, 0.05) is 23.5 Å². The molecule has 112 valence electrons. The molecule has 0 bridgehead atoms. The molecule has 3 rings (SSSR count). The Morgan fingerprint density at radius 1 is 1.27 bits per heavy atom. The van der Waals surface area contributed by atoms with Crippen molar-refractivity contribution in [2.75, 3.05) is 0 Å².